The van der Waals surface area contributed by atoms with E-state index in [9.17, 15) is 17.6 Å². The molecule has 1 aliphatic rings. The number of nitrogens with zero attached hydrogens (tertiary/aromatic N) is 2. The zero-order valence-electron chi connectivity index (χ0n) is 16.9. The van der Waals surface area contributed by atoms with E-state index in [1.165, 1.54) is 18.3 Å². The van der Waals surface area contributed by atoms with Crippen molar-refractivity contribution in [2.24, 2.45) is 0 Å². The van der Waals surface area contributed by atoms with Gasteiger partial charge < -0.3 is 9.47 Å². The summed E-state index contributed by atoms with van der Waals surface area (Å²) in [5.41, 5.74) is 0.691. The highest BCUT2D eigenvalue weighted by atomic mass is 32.2. The van der Waals surface area contributed by atoms with Crippen LogP contribution in [0, 0.1) is 5.82 Å². The first-order valence-electron chi connectivity index (χ1n) is 10.3. The van der Waals surface area contributed by atoms with Crippen LogP contribution in [0.5, 0.6) is 0 Å². The van der Waals surface area contributed by atoms with Crippen LogP contribution in [0.1, 0.15) is 32.6 Å². The molecule has 0 spiro atoms. The van der Waals surface area contributed by atoms with Gasteiger partial charge in [-0.3, -0.25) is 4.79 Å². The summed E-state index contributed by atoms with van der Waals surface area (Å²) >= 11 is 0. The Kier molecular flexibility index (Phi) is 5.64. The lowest BCUT2D eigenvalue weighted by atomic mass is 10.00. The first kappa shape index (κ1) is 20.6. The maximum Gasteiger partial charge on any atom is 0.242 e. The zero-order valence-corrected chi connectivity index (χ0v) is 17.7. The van der Waals surface area contributed by atoms with Crippen LogP contribution in [-0.4, -0.2) is 36.4 Å². The van der Waals surface area contributed by atoms with Crippen molar-refractivity contribution in [2.75, 3.05) is 6.54 Å². The van der Waals surface area contributed by atoms with Gasteiger partial charge in [-0.25, -0.2) is 12.8 Å². The number of hydrogen-bond donors (Lipinski definition) is 0. The minimum atomic E-state index is -3.85. The number of aromatic nitrogens is 1. The minimum Gasteiger partial charge on any atom is -0.338 e. The number of amides is 1. The van der Waals surface area contributed by atoms with E-state index in [-0.39, 0.29) is 28.3 Å². The van der Waals surface area contributed by atoms with Gasteiger partial charge in [-0.15, -0.1) is 0 Å². The van der Waals surface area contributed by atoms with Crippen LogP contribution in [0.3, 0.4) is 0 Å². The summed E-state index contributed by atoms with van der Waals surface area (Å²) < 4.78 is 41.4. The van der Waals surface area contributed by atoms with Crippen LogP contribution < -0.4 is 0 Å². The fraction of sp³-hybridized carbons (Fsp3) is 0.348. The number of fused-ring (bicyclic) bond motifs is 1. The second kappa shape index (κ2) is 8.22. The number of carbonyl (C=O) groups is 1. The minimum absolute atomic E-state index is 0.00744. The number of piperidine rings is 1. The molecule has 1 unspecified atom stereocenters. The first-order valence-corrected chi connectivity index (χ1v) is 11.8. The fourth-order valence-corrected chi connectivity index (χ4v) is 5.77. The number of rotatable bonds is 5. The number of benzene rings is 2. The van der Waals surface area contributed by atoms with E-state index in [0.717, 1.165) is 44.4 Å². The topological polar surface area (TPSA) is 59.4 Å². The second-order valence-corrected chi connectivity index (χ2v) is 9.66. The molecule has 2 heterocycles. The molecule has 0 saturated carbocycles. The highest BCUT2D eigenvalue weighted by Gasteiger charge is 2.27. The molecule has 0 N–H and O–H groups in total. The molecule has 7 heteroatoms. The largest absolute Gasteiger partial charge is 0.338 e. The number of carbonyl (C=O) groups excluding carboxylic acids is 1. The maximum atomic E-state index is 13.3. The maximum absolute atomic E-state index is 13.3. The monoisotopic (exact) mass is 428 g/mol. The van der Waals surface area contributed by atoms with Crippen molar-refractivity contribution in [2.45, 2.75) is 55.0 Å². The number of sulfone groups is 1. The predicted molar refractivity (Wildman–Crippen MR) is 113 cm³/mol. The van der Waals surface area contributed by atoms with Crippen molar-refractivity contribution in [3.63, 3.8) is 0 Å². The predicted octanol–water partition coefficient (Wildman–Crippen LogP) is 4.40. The Morgan fingerprint density at radius 3 is 2.57 bits per heavy atom. The molecule has 1 atom stereocenters. The molecule has 5 nitrogen and oxygen atoms in total. The summed E-state index contributed by atoms with van der Waals surface area (Å²) in [6.07, 6.45) is 5.60. The van der Waals surface area contributed by atoms with Crippen molar-refractivity contribution in [3.8, 4) is 0 Å². The summed E-state index contributed by atoms with van der Waals surface area (Å²) in [5.74, 6) is -0.484. The Bertz CT molecular complexity index is 1170. The first-order chi connectivity index (χ1) is 14.4. The third kappa shape index (κ3) is 3.74. The molecule has 158 valence electrons. The Morgan fingerprint density at radius 2 is 1.83 bits per heavy atom. The number of para-hydroxylation sites is 1. The summed E-state index contributed by atoms with van der Waals surface area (Å²) in [6.45, 7) is 2.93. The van der Waals surface area contributed by atoms with Crippen LogP contribution in [0.25, 0.3) is 10.9 Å². The molecule has 30 heavy (non-hydrogen) atoms. The summed E-state index contributed by atoms with van der Waals surface area (Å²) in [4.78, 5) is 15.2. The quantitative estimate of drug-likeness (QED) is 0.566. The number of likely N-dealkylation sites (tertiary alicyclic amines) is 1. The summed E-state index contributed by atoms with van der Waals surface area (Å²) in [5, 5.41) is 0.556. The van der Waals surface area contributed by atoms with Gasteiger partial charge in [-0.2, -0.15) is 0 Å². The van der Waals surface area contributed by atoms with Crippen molar-refractivity contribution in [3.05, 3.63) is 60.5 Å². The molecule has 1 fully saturated rings. The van der Waals surface area contributed by atoms with E-state index in [2.05, 4.69) is 6.92 Å². The zero-order chi connectivity index (χ0) is 21.3. The van der Waals surface area contributed by atoms with E-state index in [4.69, 9.17) is 0 Å². The third-order valence-electron chi connectivity index (χ3n) is 5.89. The van der Waals surface area contributed by atoms with Crippen molar-refractivity contribution in [1.29, 1.82) is 0 Å². The van der Waals surface area contributed by atoms with Gasteiger partial charge in [-0.05, 0) is 56.0 Å². The van der Waals surface area contributed by atoms with Crippen molar-refractivity contribution in [1.82, 2.24) is 9.47 Å². The van der Waals surface area contributed by atoms with Gasteiger partial charge in [-0.1, -0.05) is 25.1 Å². The van der Waals surface area contributed by atoms with Gasteiger partial charge in [0.05, 0.1) is 9.79 Å². The average molecular weight is 429 g/mol. The van der Waals surface area contributed by atoms with Crippen LogP contribution in [-0.2, 0) is 21.2 Å². The Balaban J connectivity index is 1.72. The lowest BCUT2D eigenvalue weighted by molar-refractivity contribution is -0.135. The Morgan fingerprint density at radius 1 is 1.10 bits per heavy atom. The average Bonchev–Trinajstić information content (AvgIpc) is 3.13. The van der Waals surface area contributed by atoms with Gasteiger partial charge in [0.15, 0.2) is 0 Å². The molecular weight excluding hydrogens is 403 g/mol. The highest BCUT2D eigenvalue weighted by Crippen LogP contribution is 2.31. The molecule has 0 bridgehead atoms. The lowest BCUT2D eigenvalue weighted by Crippen LogP contribution is -2.44. The molecule has 1 aromatic heterocycles. The van der Waals surface area contributed by atoms with E-state index in [1.807, 2.05) is 17.0 Å². The number of halogens is 1. The molecule has 1 saturated heterocycles. The molecule has 2 aromatic carbocycles. The lowest BCUT2D eigenvalue weighted by Gasteiger charge is -2.35. The third-order valence-corrected chi connectivity index (χ3v) is 7.69. The van der Waals surface area contributed by atoms with Crippen LogP contribution in [0.15, 0.2) is 64.5 Å². The van der Waals surface area contributed by atoms with Gasteiger partial charge in [0.25, 0.3) is 0 Å². The Labute approximate surface area is 176 Å². The molecule has 0 radical (unpaired) electrons. The smallest absolute Gasteiger partial charge is 0.242 e. The molecule has 3 aromatic rings. The highest BCUT2D eigenvalue weighted by molar-refractivity contribution is 7.91. The van der Waals surface area contributed by atoms with E-state index in [1.54, 1.807) is 16.7 Å². The van der Waals surface area contributed by atoms with Gasteiger partial charge in [0.1, 0.15) is 12.4 Å². The Hall–Kier alpha value is -2.67. The van der Waals surface area contributed by atoms with Gasteiger partial charge in [0.2, 0.25) is 15.7 Å². The molecule has 4 rings (SSSR count). The molecule has 0 aliphatic carbocycles. The SMILES string of the molecule is CCC1CCCCN1C(=O)Cn1cc(S(=O)(=O)c2ccc(F)cc2)c2ccccc21. The molecular formula is C23H25FN2O3S. The van der Waals surface area contributed by atoms with Gasteiger partial charge in [0, 0.05) is 29.7 Å². The van der Waals surface area contributed by atoms with Gasteiger partial charge >= 0.3 is 0 Å². The van der Waals surface area contributed by atoms with E-state index < -0.39 is 15.7 Å². The summed E-state index contributed by atoms with van der Waals surface area (Å²) in [7, 11) is -3.85. The second-order valence-electron chi connectivity index (χ2n) is 7.74. The van der Waals surface area contributed by atoms with Crippen LogP contribution >= 0.6 is 0 Å². The molecule has 1 aliphatic heterocycles. The van der Waals surface area contributed by atoms with E-state index >= 15 is 0 Å². The number of hydrogen-bond acceptors (Lipinski definition) is 3. The van der Waals surface area contributed by atoms with Crippen molar-refractivity contribution >= 4 is 26.6 Å². The van der Waals surface area contributed by atoms with Crippen molar-refractivity contribution < 1.29 is 17.6 Å². The molecule has 1 amide bonds. The van der Waals surface area contributed by atoms with Crippen LogP contribution in [0.2, 0.25) is 0 Å². The fourth-order valence-electron chi connectivity index (χ4n) is 4.29. The normalized spacial score (nSPS) is 17.4. The van der Waals surface area contributed by atoms with Crippen LogP contribution in [0.4, 0.5) is 4.39 Å². The summed E-state index contributed by atoms with van der Waals surface area (Å²) in [6, 6.07) is 12.2. The van der Waals surface area contributed by atoms with E-state index in [0.29, 0.717) is 10.9 Å². The standard InChI is InChI=1S/C23H25FN2O3S/c1-2-18-7-5-6-14-26(18)23(27)16-25-15-22(20-8-3-4-9-21(20)25)30(28,29)19-12-10-17(24)11-13-19/h3-4,8-13,15,18H,2,5-7,14,16H2,1H3.